The Morgan fingerprint density at radius 2 is 0.895 bits per heavy atom. The molecule has 0 aliphatic rings. The molecule has 0 aromatic heterocycles. The van der Waals surface area contributed by atoms with Crippen LogP contribution in [-0.4, -0.2) is 19.6 Å². The molecule has 1 atom stereocenters. The second kappa shape index (κ2) is 29.6. The van der Waals surface area contributed by atoms with Gasteiger partial charge >= 0.3 is 10.4 Å². The molecular formula is C33H66O4S. The average Bonchev–Trinajstić information content (AvgIpc) is 2.89. The maximum atomic E-state index is 11.0. The molecule has 0 aromatic rings. The molecule has 5 heteroatoms. The Bertz CT molecular complexity index is 588. The van der Waals surface area contributed by atoms with E-state index in [4.69, 9.17) is 8.74 Å². The third kappa shape index (κ3) is 31.8. The first-order valence-electron chi connectivity index (χ1n) is 16.8. The van der Waals surface area contributed by atoms with Crippen LogP contribution >= 0.6 is 0 Å². The lowest BCUT2D eigenvalue weighted by atomic mass is 9.99. The van der Waals surface area contributed by atoms with Crippen LogP contribution in [0.2, 0.25) is 0 Å². The number of allylic oxidation sites excluding steroid dienone is 1. The molecule has 0 bridgehead atoms. The van der Waals surface area contributed by atoms with Gasteiger partial charge in [-0.05, 0) is 19.3 Å². The van der Waals surface area contributed by atoms with Gasteiger partial charge in [0.2, 0.25) is 0 Å². The largest absolute Gasteiger partial charge is 0.397 e. The van der Waals surface area contributed by atoms with Crippen molar-refractivity contribution in [1.82, 2.24) is 0 Å². The third-order valence-corrected chi connectivity index (χ3v) is 8.18. The zero-order valence-corrected chi connectivity index (χ0v) is 26.4. The summed E-state index contributed by atoms with van der Waals surface area (Å²) in [7, 11) is -4.37. The Balaban J connectivity index is 3.77. The minimum Gasteiger partial charge on any atom is -0.264 e. The van der Waals surface area contributed by atoms with Crippen molar-refractivity contribution < 1.29 is 17.2 Å². The van der Waals surface area contributed by atoms with Crippen molar-refractivity contribution in [3.8, 4) is 0 Å². The van der Waals surface area contributed by atoms with Gasteiger partial charge in [0.15, 0.2) is 0 Å². The summed E-state index contributed by atoms with van der Waals surface area (Å²) in [6.07, 6.45) is 39.8. The summed E-state index contributed by atoms with van der Waals surface area (Å²) in [6, 6.07) is 0. The lowest BCUT2D eigenvalue weighted by Crippen LogP contribution is -2.12. The summed E-state index contributed by atoms with van der Waals surface area (Å²) in [6.45, 7) is 4.59. The van der Waals surface area contributed by atoms with Gasteiger partial charge in [-0.3, -0.25) is 4.55 Å². The second-order valence-corrected chi connectivity index (χ2v) is 12.7. The number of hydrogen-bond donors (Lipinski definition) is 1. The molecule has 0 rings (SSSR count). The van der Waals surface area contributed by atoms with Gasteiger partial charge in [0.25, 0.3) is 0 Å². The Morgan fingerprint density at radius 3 is 1.26 bits per heavy atom. The fraction of sp³-hybridized carbons (Fsp3) is 0.939. The molecule has 0 aliphatic heterocycles. The van der Waals surface area contributed by atoms with Crippen LogP contribution < -0.4 is 0 Å². The van der Waals surface area contributed by atoms with Gasteiger partial charge in [-0.1, -0.05) is 180 Å². The summed E-state index contributed by atoms with van der Waals surface area (Å²) in [5, 5.41) is 0. The predicted molar refractivity (Wildman–Crippen MR) is 166 cm³/mol. The highest BCUT2D eigenvalue weighted by Crippen LogP contribution is 2.17. The molecule has 0 saturated carbocycles. The molecule has 1 unspecified atom stereocenters. The molecule has 0 aliphatic carbocycles. The van der Waals surface area contributed by atoms with E-state index in [9.17, 15) is 8.42 Å². The fourth-order valence-corrected chi connectivity index (χ4v) is 5.57. The number of rotatable bonds is 31. The maximum absolute atomic E-state index is 11.0. The van der Waals surface area contributed by atoms with Crippen LogP contribution in [0.1, 0.15) is 187 Å². The molecule has 0 fully saturated rings. The van der Waals surface area contributed by atoms with Crippen molar-refractivity contribution in [3.63, 3.8) is 0 Å². The van der Waals surface area contributed by atoms with Crippen LogP contribution in [-0.2, 0) is 14.6 Å². The van der Waals surface area contributed by atoms with Crippen molar-refractivity contribution >= 4 is 10.4 Å². The molecule has 0 heterocycles. The second-order valence-electron chi connectivity index (χ2n) is 11.6. The van der Waals surface area contributed by atoms with E-state index in [1.54, 1.807) is 0 Å². The first kappa shape index (κ1) is 37.6. The first-order chi connectivity index (χ1) is 18.5. The van der Waals surface area contributed by atoms with E-state index in [1.807, 2.05) is 0 Å². The third-order valence-electron chi connectivity index (χ3n) is 7.74. The summed E-state index contributed by atoms with van der Waals surface area (Å²) in [5.41, 5.74) is 0. The quantitative estimate of drug-likeness (QED) is 0.0522. The van der Waals surface area contributed by atoms with Crippen LogP contribution in [0.3, 0.4) is 0 Å². The van der Waals surface area contributed by atoms with Gasteiger partial charge in [-0.2, -0.15) is 8.42 Å². The van der Waals surface area contributed by atoms with E-state index < -0.39 is 10.4 Å². The van der Waals surface area contributed by atoms with E-state index in [0.717, 1.165) is 19.3 Å². The highest BCUT2D eigenvalue weighted by Gasteiger charge is 2.11. The molecular weight excluding hydrogens is 492 g/mol. The molecule has 4 nitrogen and oxygen atoms in total. The Hall–Kier alpha value is -0.390. The van der Waals surface area contributed by atoms with Gasteiger partial charge in [0, 0.05) is 5.92 Å². The van der Waals surface area contributed by atoms with E-state index in [0.29, 0.717) is 0 Å². The minimum absolute atomic E-state index is 0.0475. The van der Waals surface area contributed by atoms with Gasteiger partial charge in [0.05, 0.1) is 6.61 Å². The van der Waals surface area contributed by atoms with Crippen LogP contribution in [0.25, 0.3) is 0 Å². The predicted octanol–water partition coefficient (Wildman–Crippen LogP) is 11.6. The minimum atomic E-state index is -4.37. The molecule has 228 valence electrons. The SMILES string of the molecule is CCCCCCCCCCCCCCCC/C=C/C(CCCCCCCCCCCCC)COS(=O)(=O)O. The lowest BCUT2D eigenvalue weighted by Gasteiger charge is -2.12. The van der Waals surface area contributed by atoms with Gasteiger partial charge in [0.1, 0.15) is 0 Å². The van der Waals surface area contributed by atoms with Crippen molar-refractivity contribution in [2.45, 2.75) is 187 Å². The zero-order valence-electron chi connectivity index (χ0n) is 25.6. The molecule has 0 spiro atoms. The smallest absolute Gasteiger partial charge is 0.264 e. The maximum Gasteiger partial charge on any atom is 0.397 e. The molecule has 0 amide bonds. The summed E-state index contributed by atoms with van der Waals surface area (Å²) >= 11 is 0. The van der Waals surface area contributed by atoms with Crippen molar-refractivity contribution in [3.05, 3.63) is 12.2 Å². The topological polar surface area (TPSA) is 63.6 Å². The van der Waals surface area contributed by atoms with Gasteiger partial charge in [-0.25, -0.2) is 4.18 Å². The fourth-order valence-electron chi connectivity index (χ4n) is 5.22. The molecule has 0 saturated heterocycles. The van der Waals surface area contributed by atoms with Crippen LogP contribution in [0.15, 0.2) is 12.2 Å². The van der Waals surface area contributed by atoms with Crippen LogP contribution in [0.4, 0.5) is 0 Å². The zero-order chi connectivity index (χ0) is 28.0. The molecule has 38 heavy (non-hydrogen) atoms. The average molecular weight is 559 g/mol. The van der Waals surface area contributed by atoms with Crippen LogP contribution in [0, 0.1) is 5.92 Å². The van der Waals surface area contributed by atoms with E-state index in [1.165, 1.54) is 154 Å². The van der Waals surface area contributed by atoms with Crippen LogP contribution in [0.5, 0.6) is 0 Å². The standard InChI is InChI=1S/C33H66O4S/c1-3-5-7-9-11-13-15-16-17-18-19-21-23-25-27-29-31-33(32-37-38(34,35)36)30-28-26-24-22-20-14-12-10-8-6-4-2/h29,31,33H,3-28,30,32H2,1-2H3,(H,34,35,36)/b31-29+. The first-order valence-corrected chi connectivity index (χ1v) is 18.1. The van der Waals surface area contributed by atoms with Crippen molar-refractivity contribution in [2.24, 2.45) is 5.92 Å². The van der Waals surface area contributed by atoms with E-state index in [-0.39, 0.29) is 12.5 Å². The highest BCUT2D eigenvalue weighted by atomic mass is 32.3. The van der Waals surface area contributed by atoms with Gasteiger partial charge in [-0.15, -0.1) is 0 Å². The van der Waals surface area contributed by atoms with E-state index >= 15 is 0 Å². The van der Waals surface area contributed by atoms with Gasteiger partial charge < -0.3 is 0 Å². The summed E-state index contributed by atoms with van der Waals surface area (Å²) in [4.78, 5) is 0. The lowest BCUT2D eigenvalue weighted by molar-refractivity contribution is 0.234. The normalized spacial score (nSPS) is 13.0. The molecule has 0 radical (unpaired) electrons. The van der Waals surface area contributed by atoms with Crippen molar-refractivity contribution in [2.75, 3.05) is 6.61 Å². The van der Waals surface area contributed by atoms with Crippen molar-refractivity contribution in [1.29, 1.82) is 0 Å². The molecule has 1 N–H and O–H groups in total. The number of unbranched alkanes of at least 4 members (excludes halogenated alkanes) is 24. The van der Waals surface area contributed by atoms with E-state index in [2.05, 4.69) is 26.0 Å². The monoisotopic (exact) mass is 558 g/mol. The highest BCUT2D eigenvalue weighted by molar-refractivity contribution is 7.80. The Kier molecular flexibility index (Phi) is 29.3. The Labute approximate surface area is 239 Å². The Morgan fingerprint density at radius 1 is 0.553 bits per heavy atom. The number of hydrogen-bond acceptors (Lipinski definition) is 3. The summed E-state index contributed by atoms with van der Waals surface area (Å²) in [5.74, 6) is 0.0575. The molecule has 0 aromatic carbocycles. The summed E-state index contributed by atoms with van der Waals surface area (Å²) < 4.78 is 35.7.